The van der Waals surface area contributed by atoms with Crippen LogP contribution in [0.5, 0.6) is 0 Å². The first-order chi connectivity index (χ1) is 14.1. The number of fused-ring (bicyclic) bond motifs is 1. The topological polar surface area (TPSA) is 62.6 Å². The molecule has 1 N–H and O–H groups in total. The maximum Gasteiger partial charge on any atom is 0.264 e. The van der Waals surface area contributed by atoms with E-state index in [-0.39, 0.29) is 11.8 Å². The summed E-state index contributed by atoms with van der Waals surface area (Å²) in [7, 11) is 0. The third-order valence-electron chi connectivity index (χ3n) is 5.07. The molecule has 3 heterocycles. The number of benzene rings is 1. The third kappa shape index (κ3) is 4.43. The number of nitrogens with one attached hydrogen (secondary N) is 1. The Morgan fingerprint density at radius 1 is 1.21 bits per heavy atom. The number of anilines is 1. The van der Waals surface area contributed by atoms with Gasteiger partial charge in [0.15, 0.2) is 0 Å². The van der Waals surface area contributed by atoms with E-state index in [4.69, 9.17) is 4.42 Å². The van der Waals surface area contributed by atoms with Gasteiger partial charge in [0.25, 0.3) is 5.91 Å². The highest BCUT2D eigenvalue weighted by Crippen LogP contribution is 2.31. The lowest BCUT2D eigenvalue weighted by atomic mass is 10.1. The van der Waals surface area contributed by atoms with Gasteiger partial charge in [-0.3, -0.25) is 9.59 Å². The van der Waals surface area contributed by atoms with Crippen LogP contribution in [0.1, 0.15) is 47.2 Å². The second-order valence-electron chi connectivity index (χ2n) is 7.25. The molecule has 0 bridgehead atoms. The average Bonchev–Trinajstić information content (AvgIpc) is 3.41. The van der Waals surface area contributed by atoms with Crippen LogP contribution in [0, 0.1) is 0 Å². The lowest BCUT2D eigenvalue weighted by Gasteiger charge is -2.25. The third-order valence-corrected chi connectivity index (χ3v) is 5.93. The maximum absolute atomic E-state index is 12.6. The maximum atomic E-state index is 12.6. The van der Waals surface area contributed by atoms with Gasteiger partial charge in [-0.1, -0.05) is 31.5 Å². The van der Waals surface area contributed by atoms with Crippen LogP contribution in [-0.2, 0) is 17.8 Å². The summed E-state index contributed by atoms with van der Waals surface area (Å²) in [6.07, 6.45) is 3.12. The van der Waals surface area contributed by atoms with Gasteiger partial charge in [-0.05, 0) is 36.1 Å². The van der Waals surface area contributed by atoms with Crippen LogP contribution in [0.25, 0.3) is 11.3 Å². The van der Waals surface area contributed by atoms with Crippen molar-refractivity contribution in [1.29, 1.82) is 0 Å². The average molecular weight is 409 g/mol. The second-order valence-corrected chi connectivity index (χ2v) is 8.19. The molecule has 0 unspecified atom stereocenters. The molecule has 6 heteroatoms. The molecular formula is C23H24N2O3S. The SMILES string of the molecule is CCCCC(=O)Nc1cccc(-c2cc3c(o2)CCN(C(=O)c2cccs2)C3)c1. The van der Waals surface area contributed by atoms with Gasteiger partial charge < -0.3 is 14.6 Å². The lowest BCUT2D eigenvalue weighted by molar-refractivity contribution is -0.116. The van der Waals surface area contributed by atoms with E-state index < -0.39 is 0 Å². The summed E-state index contributed by atoms with van der Waals surface area (Å²) in [6.45, 7) is 3.29. The normalized spacial score (nSPS) is 13.2. The number of amides is 2. The van der Waals surface area contributed by atoms with Gasteiger partial charge >= 0.3 is 0 Å². The van der Waals surface area contributed by atoms with Crippen molar-refractivity contribution in [2.24, 2.45) is 0 Å². The zero-order valence-electron chi connectivity index (χ0n) is 16.4. The molecule has 0 saturated carbocycles. The Morgan fingerprint density at radius 2 is 2.10 bits per heavy atom. The summed E-state index contributed by atoms with van der Waals surface area (Å²) in [6, 6.07) is 13.5. The van der Waals surface area contributed by atoms with Crippen LogP contribution in [-0.4, -0.2) is 23.3 Å². The van der Waals surface area contributed by atoms with E-state index >= 15 is 0 Å². The minimum atomic E-state index is 0.0328. The molecule has 0 fully saturated rings. The highest BCUT2D eigenvalue weighted by Gasteiger charge is 2.25. The highest BCUT2D eigenvalue weighted by atomic mass is 32.1. The van der Waals surface area contributed by atoms with Crippen molar-refractivity contribution < 1.29 is 14.0 Å². The van der Waals surface area contributed by atoms with Gasteiger partial charge in [0.1, 0.15) is 11.5 Å². The van der Waals surface area contributed by atoms with Crippen molar-refractivity contribution in [2.75, 3.05) is 11.9 Å². The number of rotatable bonds is 6. The summed E-state index contributed by atoms with van der Waals surface area (Å²) in [5.74, 6) is 1.81. The quantitative estimate of drug-likeness (QED) is 0.599. The summed E-state index contributed by atoms with van der Waals surface area (Å²) in [4.78, 5) is 27.3. The first kappa shape index (κ1) is 19.5. The van der Waals surface area contributed by atoms with Crippen LogP contribution >= 0.6 is 11.3 Å². The Balaban J connectivity index is 1.48. The predicted octanol–water partition coefficient (Wildman–Crippen LogP) is 5.34. The Hall–Kier alpha value is -2.86. The van der Waals surface area contributed by atoms with Crippen molar-refractivity contribution in [2.45, 2.75) is 39.2 Å². The molecule has 29 heavy (non-hydrogen) atoms. The molecule has 4 rings (SSSR count). The van der Waals surface area contributed by atoms with Gasteiger partial charge in [-0.2, -0.15) is 0 Å². The minimum Gasteiger partial charge on any atom is -0.461 e. The van der Waals surface area contributed by atoms with E-state index in [1.54, 1.807) is 0 Å². The van der Waals surface area contributed by atoms with E-state index in [9.17, 15) is 9.59 Å². The molecule has 1 aromatic carbocycles. The molecular weight excluding hydrogens is 384 g/mol. The lowest BCUT2D eigenvalue weighted by Crippen LogP contribution is -2.35. The van der Waals surface area contributed by atoms with Crippen molar-refractivity contribution in [1.82, 2.24) is 4.90 Å². The van der Waals surface area contributed by atoms with Crippen LogP contribution in [0.3, 0.4) is 0 Å². The summed E-state index contributed by atoms with van der Waals surface area (Å²) < 4.78 is 6.09. The molecule has 150 valence electrons. The number of hydrogen-bond acceptors (Lipinski definition) is 4. The summed E-state index contributed by atoms with van der Waals surface area (Å²) in [5.41, 5.74) is 2.74. The zero-order chi connectivity index (χ0) is 20.2. The van der Waals surface area contributed by atoms with E-state index in [1.807, 2.05) is 52.7 Å². The van der Waals surface area contributed by atoms with Crippen molar-refractivity contribution in [3.05, 3.63) is 64.0 Å². The second kappa shape index (κ2) is 8.66. The molecule has 5 nitrogen and oxygen atoms in total. The summed E-state index contributed by atoms with van der Waals surface area (Å²) in [5, 5.41) is 4.88. The molecule has 0 spiro atoms. The van der Waals surface area contributed by atoms with Gasteiger partial charge in [-0.15, -0.1) is 11.3 Å². The predicted molar refractivity (Wildman–Crippen MR) is 115 cm³/mol. The number of furan rings is 1. The standard InChI is InChI=1S/C23H24N2O3S/c1-2-3-9-22(26)24-18-7-4-6-16(13-18)20-14-17-15-25(11-10-19(17)28-20)23(27)21-8-5-12-29-21/h4-8,12-14H,2-3,9-11,15H2,1H3,(H,24,26). The molecule has 2 aromatic heterocycles. The molecule has 0 atom stereocenters. The number of carbonyl (C=O) groups excluding carboxylic acids is 2. The van der Waals surface area contributed by atoms with Crippen LogP contribution in [0.15, 0.2) is 52.3 Å². The zero-order valence-corrected chi connectivity index (χ0v) is 17.3. The van der Waals surface area contributed by atoms with Gasteiger partial charge in [0.05, 0.1) is 4.88 Å². The van der Waals surface area contributed by atoms with E-state index in [1.165, 1.54) is 11.3 Å². The van der Waals surface area contributed by atoms with Crippen molar-refractivity contribution in [3.63, 3.8) is 0 Å². The Bertz CT molecular complexity index is 1010. The van der Waals surface area contributed by atoms with E-state index in [0.29, 0.717) is 25.9 Å². The van der Waals surface area contributed by atoms with Crippen LogP contribution in [0.4, 0.5) is 5.69 Å². The molecule has 0 aliphatic carbocycles. The van der Waals surface area contributed by atoms with Gasteiger partial charge in [0, 0.05) is 42.7 Å². The summed E-state index contributed by atoms with van der Waals surface area (Å²) >= 11 is 1.47. The Morgan fingerprint density at radius 3 is 2.90 bits per heavy atom. The fourth-order valence-corrected chi connectivity index (χ4v) is 4.21. The van der Waals surface area contributed by atoms with Gasteiger partial charge in [-0.25, -0.2) is 0 Å². The fraction of sp³-hybridized carbons (Fsp3) is 0.304. The molecule has 0 radical (unpaired) electrons. The number of hydrogen-bond donors (Lipinski definition) is 1. The molecule has 3 aromatic rings. The van der Waals surface area contributed by atoms with Crippen LogP contribution in [0.2, 0.25) is 0 Å². The minimum absolute atomic E-state index is 0.0328. The highest BCUT2D eigenvalue weighted by molar-refractivity contribution is 7.12. The first-order valence-electron chi connectivity index (χ1n) is 9.98. The van der Waals surface area contributed by atoms with Crippen LogP contribution < -0.4 is 5.32 Å². The van der Waals surface area contributed by atoms with Gasteiger partial charge in [0.2, 0.25) is 5.91 Å². The fourth-order valence-electron chi connectivity index (χ4n) is 3.52. The largest absolute Gasteiger partial charge is 0.461 e. The van der Waals surface area contributed by atoms with Crippen molar-refractivity contribution in [3.8, 4) is 11.3 Å². The smallest absolute Gasteiger partial charge is 0.264 e. The van der Waals surface area contributed by atoms with Crippen molar-refractivity contribution >= 4 is 28.8 Å². The Labute approximate surface area is 174 Å². The monoisotopic (exact) mass is 408 g/mol. The molecule has 2 amide bonds. The number of nitrogens with zero attached hydrogens (tertiary/aromatic N) is 1. The number of thiophene rings is 1. The molecule has 0 saturated heterocycles. The Kier molecular flexibility index (Phi) is 5.81. The van der Waals surface area contributed by atoms with E-state index in [2.05, 4.69) is 12.2 Å². The molecule has 1 aliphatic rings. The first-order valence-corrected chi connectivity index (χ1v) is 10.9. The molecule has 1 aliphatic heterocycles. The number of carbonyl (C=O) groups is 2. The number of unbranched alkanes of at least 4 members (excludes halogenated alkanes) is 1. The van der Waals surface area contributed by atoms with E-state index in [0.717, 1.165) is 46.1 Å².